The maximum Gasteiger partial charge on any atom is 0.319 e. The van der Waals surface area contributed by atoms with E-state index in [1.807, 2.05) is 4.90 Å². The van der Waals surface area contributed by atoms with Gasteiger partial charge in [0.1, 0.15) is 28.9 Å². The lowest BCUT2D eigenvalue weighted by Crippen LogP contribution is -2.50. The molecule has 2 bridgehead atoms. The highest BCUT2D eigenvalue weighted by Crippen LogP contribution is 2.48. The van der Waals surface area contributed by atoms with Gasteiger partial charge in [-0.1, -0.05) is 24.5 Å². The van der Waals surface area contributed by atoms with Gasteiger partial charge in [0, 0.05) is 40.4 Å². The molecular weight excluding hydrogens is 576 g/mol. The van der Waals surface area contributed by atoms with Crippen molar-refractivity contribution < 1.29 is 23.4 Å². The van der Waals surface area contributed by atoms with Crippen molar-refractivity contribution in [3.05, 3.63) is 53.6 Å². The molecule has 230 valence electrons. The molecule has 3 aromatic carbocycles. The number of halogens is 2. The second kappa shape index (κ2) is 10.3. The van der Waals surface area contributed by atoms with Gasteiger partial charge in [-0.25, -0.2) is 8.78 Å². The smallest absolute Gasteiger partial charge is 0.319 e. The van der Waals surface area contributed by atoms with Gasteiger partial charge in [0.15, 0.2) is 5.82 Å². The minimum absolute atomic E-state index is 0.00680. The van der Waals surface area contributed by atoms with E-state index in [9.17, 15) is 14.3 Å². The fourth-order valence-electron chi connectivity index (χ4n) is 8.50. The van der Waals surface area contributed by atoms with Crippen LogP contribution >= 0.6 is 0 Å². The van der Waals surface area contributed by atoms with Crippen molar-refractivity contribution >= 4 is 33.4 Å². The number of ether oxygens (including phenoxy) is 1. The number of aromatic nitrogens is 2. The fourth-order valence-corrected chi connectivity index (χ4v) is 8.50. The van der Waals surface area contributed by atoms with Crippen molar-refractivity contribution in [2.45, 2.75) is 56.7 Å². The number of phenolic OH excluding ortho intramolecular Hbond substituents is 1. The molecule has 1 saturated carbocycles. The van der Waals surface area contributed by atoms with Gasteiger partial charge in [0.05, 0.1) is 12.2 Å². The Kier molecular flexibility index (Phi) is 6.40. The van der Waals surface area contributed by atoms with E-state index in [1.54, 1.807) is 12.1 Å². The number of nitrogens with zero attached hydrogens (tertiary/aromatic N) is 4. The van der Waals surface area contributed by atoms with Crippen molar-refractivity contribution in [2.75, 3.05) is 31.6 Å². The maximum absolute atomic E-state index is 16.8. The zero-order valence-corrected chi connectivity index (χ0v) is 24.9. The van der Waals surface area contributed by atoms with Crippen LogP contribution in [0.2, 0.25) is 0 Å². The van der Waals surface area contributed by atoms with Crippen LogP contribution in [0.25, 0.3) is 32.8 Å². The van der Waals surface area contributed by atoms with Crippen LogP contribution in [-0.2, 0) is 4.79 Å². The molecule has 10 heteroatoms. The number of carbonyl (C=O) groups excluding carboxylic acids is 1. The first-order valence-electron chi connectivity index (χ1n) is 15.6. The van der Waals surface area contributed by atoms with Gasteiger partial charge in [-0.3, -0.25) is 4.79 Å². The van der Waals surface area contributed by atoms with Crippen LogP contribution in [0.4, 0.5) is 14.6 Å². The third-order valence-corrected chi connectivity index (χ3v) is 10.5. The standard InChI is InChI=1S/C35H33F2N5O3/c1-3-22-26(36)10-7-19-14-21(43)16-25(29(19)22)23-8-9-24-31(30(23)37)39-34(40-32(24)42-17-20-15-27(42)33(44)38-20)45-18-35-11-4-6-28(35)41(2)13-5-12-35/h1,7-10,14,16,20,27-28,43H,4-6,11-13,15,17-18H2,2H3,(H,38,44)/t20-,27-,28?,35?/m0/s1. The molecule has 1 aliphatic carbocycles. The van der Waals surface area contributed by atoms with Gasteiger partial charge in [-0.2, -0.15) is 9.97 Å². The van der Waals surface area contributed by atoms with Crippen molar-refractivity contribution in [1.29, 1.82) is 0 Å². The Morgan fingerprint density at radius 1 is 1.16 bits per heavy atom. The number of benzene rings is 3. The second-order valence-corrected chi connectivity index (χ2v) is 13.1. The number of nitrogens with one attached hydrogen (secondary N) is 1. The van der Waals surface area contributed by atoms with Gasteiger partial charge in [-0.05, 0) is 80.9 Å². The first-order chi connectivity index (χ1) is 21.8. The van der Waals surface area contributed by atoms with Crippen molar-refractivity contribution in [3.8, 4) is 35.2 Å². The third kappa shape index (κ3) is 4.31. The number of anilines is 1. The van der Waals surface area contributed by atoms with E-state index in [4.69, 9.17) is 16.1 Å². The summed E-state index contributed by atoms with van der Waals surface area (Å²) < 4.78 is 38.1. The van der Waals surface area contributed by atoms with Gasteiger partial charge in [0.25, 0.3) is 0 Å². The van der Waals surface area contributed by atoms with Gasteiger partial charge in [0.2, 0.25) is 5.91 Å². The zero-order chi connectivity index (χ0) is 31.0. The van der Waals surface area contributed by atoms with Crippen LogP contribution in [0, 0.1) is 29.4 Å². The molecular formula is C35H33F2N5O3. The van der Waals surface area contributed by atoms with Crippen LogP contribution in [-0.4, -0.2) is 70.8 Å². The summed E-state index contributed by atoms with van der Waals surface area (Å²) in [5, 5.41) is 14.8. The number of hydrogen-bond acceptors (Lipinski definition) is 7. The molecule has 2 N–H and O–H groups in total. The molecule has 4 fully saturated rings. The first kappa shape index (κ1) is 28.0. The summed E-state index contributed by atoms with van der Waals surface area (Å²) in [6, 6.07) is 8.92. The average molecular weight is 610 g/mol. The number of fused-ring (bicyclic) bond motifs is 5. The summed E-state index contributed by atoms with van der Waals surface area (Å²) in [4.78, 5) is 26.5. The Morgan fingerprint density at radius 2 is 2.00 bits per heavy atom. The molecule has 4 atom stereocenters. The Morgan fingerprint density at radius 3 is 2.80 bits per heavy atom. The predicted molar refractivity (Wildman–Crippen MR) is 167 cm³/mol. The highest BCUT2D eigenvalue weighted by atomic mass is 19.1. The molecule has 3 aliphatic heterocycles. The molecule has 0 radical (unpaired) electrons. The SMILES string of the molecule is C#Cc1c(F)ccc2cc(O)cc(-c3ccc4c(N5C[C@@H]6C[C@H]5C(=O)N6)nc(OCC56CCCC5N(C)CCC6)nc4c3F)c12. The molecule has 3 saturated heterocycles. The number of phenols is 1. The van der Waals surface area contributed by atoms with Crippen molar-refractivity contribution in [2.24, 2.45) is 5.41 Å². The monoisotopic (exact) mass is 609 g/mol. The van der Waals surface area contributed by atoms with Crippen LogP contribution in [0.15, 0.2) is 36.4 Å². The van der Waals surface area contributed by atoms with Crippen molar-refractivity contribution in [3.63, 3.8) is 0 Å². The van der Waals surface area contributed by atoms with Crippen LogP contribution in [0.1, 0.15) is 44.1 Å². The summed E-state index contributed by atoms with van der Waals surface area (Å²) in [7, 11) is 2.17. The lowest BCUT2D eigenvalue weighted by molar-refractivity contribution is -0.121. The Balaban J connectivity index is 1.28. The second-order valence-electron chi connectivity index (χ2n) is 13.1. The fraction of sp³-hybridized carbons (Fsp3) is 0.400. The molecule has 45 heavy (non-hydrogen) atoms. The highest BCUT2D eigenvalue weighted by molar-refractivity contribution is 6.04. The van der Waals surface area contributed by atoms with Gasteiger partial charge >= 0.3 is 6.01 Å². The number of aromatic hydroxyl groups is 1. The van der Waals surface area contributed by atoms with E-state index in [-0.39, 0.29) is 51.3 Å². The van der Waals surface area contributed by atoms with Crippen LogP contribution in [0.3, 0.4) is 0 Å². The normalized spacial score (nSPS) is 26.0. The van der Waals surface area contributed by atoms with Gasteiger partial charge in [-0.15, -0.1) is 6.42 Å². The van der Waals surface area contributed by atoms with Crippen molar-refractivity contribution in [1.82, 2.24) is 20.2 Å². The molecule has 8 rings (SSSR count). The maximum atomic E-state index is 16.8. The Bertz CT molecular complexity index is 1940. The largest absolute Gasteiger partial charge is 0.508 e. The molecule has 1 aromatic heterocycles. The van der Waals surface area contributed by atoms with E-state index >= 15 is 4.39 Å². The van der Waals surface area contributed by atoms with Gasteiger partial charge < -0.3 is 25.0 Å². The number of hydrogen-bond donors (Lipinski definition) is 2. The molecule has 0 spiro atoms. The topological polar surface area (TPSA) is 90.8 Å². The molecule has 4 aromatic rings. The molecule has 2 unspecified atom stereocenters. The van der Waals surface area contributed by atoms with E-state index < -0.39 is 17.7 Å². The number of terminal acetylenes is 1. The minimum atomic E-state index is -0.678. The van der Waals surface area contributed by atoms with Crippen LogP contribution < -0.4 is 15.0 Å². The zero-order valence-electron chi connectivity index (χ0n) is 24.9. The van der Waals surface area contributed by atoms with E-state index in [0.29, 0.717) is 47.6 Å². The number of piperazine rings is 1. The lowest BCUT2D eigenvalue weighted by atomic mass is 9.76. The molecule has 4 heterocycles. The quantitative estimate of drug-likeness (QED) is 0.303. The third-order valence-electron chi connectivity index (χ3n) is 10.5. The number of carbonyl (C=O) groups is 1. The number of piperidine rings is 1. The summed E-state index contributed by atoms with van der Waals surface area (Å²) in [5.74, 6) is 1.36. The predicted octanol–water partition coefficient (Wildman–Crippen LogP) is 5.14. The minimum Gasteiger partial charge on any atom is -0.508 e. The first-order valence-corrected chi connectivity index (χ1v) is 15.6. The molecule has 4 aliphatic rings. The highest BCUT2D eigenvalue weighted by Gasteiger charge is 2.48. The summed E-state index contributed by atoms with van der Waals surface area (Å²) >= 11 is 0. The summed E-state index contributed by atoms with van der Waals surface area (Å²) in [6.07, 6.45) is 11.8. The summed E-state index contributed by atoms with van der Waals surface area (Å²) in [5.41, 5.74) is 0.333. The molecule has 1 amide bonds. The summed E-state index contributed by atoms with van der Waals surface area (Å²) in [6.45, 7) is 2.03. The number of rotatable bonds is 5. The van der Waals surface area contributed by atoms with Crippen LogP contribution in [0.5, 0.6) is 11.8 Å². The van der Waals surface area contributed by atoms with E-state index in [2.05, 4.69) is 28.2 Å². The Hall–Kier alpha value is -4.49. The average Bonchev–Trinajstić information content (AvgIpc) is 3.75. The number of likely N-dealkylation sites (tertiary alicyclic amines) is 1. The number of amides is 1. The van der Waals surface area contributed by atoms with E-state index in [1.165, 1.54) is 24.3 Å². The molecule has 8 nitrogen and oxygen atoms in total. The lowest BCUT2D eigenvalue weighted by Gasteiger charge is -2.44. The van der Waals surface area contributed by atoms with E-state index in [0.717, 1.165) is 38.6 Å². The Labute approximate surface area is 259 Å².